The third kappa shape index (κ3) is 4.02. The van der Waals surface area contributed by atoms with E-state index < -0.39 is 21.6 Å². The summed E-state index contributed by atoms with van der Waals surface area (Å²) in [6.45, 7) is 0. The normalized spacial score (nSPS) is 10.6. The first-order valence-electron chi connectivity index (χ1n) is 2.27. The molecule has 1 amide bonds. The summed E-state index contributed by atoms with van der Waals surface area (Å²) < 4.78 is 13.5. The highest BCUT2D eigenvalue weighted by molar-refractivity contribution is 7.92. The zero-order valence-electron chi connectivity index (χ0n) is 5.53. The summed E-state index contributed by atoms with van der Waals surface area (Å²) in [5.74, 6) is -3.05. The second-order valence-corrected chi connectivity index (χ2v) is 4.43. The number of aliphatic carboxylic acids is 1. The van der Waals surface area contributed by atoms with E-state index in [-0.39, 0.29) is 0 Å². The van der Waals surface area contributed by atoms with Crippen LogP contribution in [0.15, 0.2) is 4.36 Å². The highest BCUT2D eigenvalue weighted by atomic mass is 32.2. The van der Waals surface area contributed by atoms with Crippen molar-refractivity contribution in [2.45, 2.75) is 0 Å². The summed E-state index contributed by atoms with van der Waals surface area (Å²) in [6, 6.07) is 0. The lowest BCUT2D eigenvalue weighted by atomic mass is 10.7. The molecule has 0 aliphatic heterocycles. The zero-order valence-corrected chi connectivity index (χ0v) is 6.34. The Morgan fingerprint density at radius 2 is 1.80 bits per heavy atom. The lowest BCUT2D eigenvalue weighted by Crippen LogP contribution is -2.11. The van der Waals surface area contributed by atoms with Crippen molar-refractivity contribution in [3.63, 3.8) is 0 Å². The SMILES string of the molecule is CS(C)(=O)=NC(=O)C(=O)O. The van der Waals surface area contributed by atoms with E-state index in [2.05, 4.69) is 4.36 Å². The van der Waals surface area contributed by atoms with Crippen molar-refractivity contribution < 1.29 is 18.9 Å². The number of hydrogen-bond donors (Lipinski definition) is 1. The van der Waals surface area contributed by atoms with Crippen LogP contribution in [0.2, 0.25) is 0 Å². The van der Waals surface area contributed by atoms with E-state index in [0.29, 0.717) is 0 Å². The molecular formula is C4H7NO4S. The zero-order chi connectivity index (χ0) is 8.36. The second kappa shape index (κ2) is 2.78. The van der Waals surface area contributed by atoms with E-state index in [4.69, 9.17) is 5.11 Å². The van der Waals surface area contributed by atoms with E-state index in [1.807, 2.05) is 0 Å². The third-order valence-electron chi connectivity index (χ3n) is 0.486. The van der Waals surface area contributed by atoms with Gasteiger partial charge in [-0.15, -0.1) is 0 Å². The van der Waals surface area contributed by atoms with E-state index in [9.17, 15) is 13.8 Å². The van der Waals surface area contributed by atoms with Crippen molar-refractivity contribution in [3.05, 3.63) is 0 Å². The molecule has 0 aromatic heterocycles. The predicted molar refractivity (Wildman–Crippen MR) is 35.1 cm³/mol. The molecule has 0 fully saturated rings. The molecule has 0 saturated carbocycles. The van der Waals surface area contributed by atoms with Gasteiger partial charge in [0.2, 0.25) is 0 Å². The van der Waals surface area contributed by atoms with Crippen molar-refractivity contribution in [3.8, 4) is 0 Å². The van der Waals surface area contributed by atoms with E-state index in [1.165, 1.54) is 12.5 Å². The molecule has 0 atom stereocenters. The van der Waals surface area contributed by atoms with Crippen LogP contribution in [0, 0.1) is 0 Å². The molecule has 0 aromatic carbocycles. The van der Waals surface area contributed by atoms with Crippen molar-refractivity contribution in [2.24, 2.45) is 4.36 Å². The third-order valence-corrected chi connectivity index (χ3v) is 1.09. The van der Waals surface area contributed by atoms with Gasteiger partial charge in [-0.2, -0.15) is 4.36 Å². The Kier molecular flexibility index (Phi) is 2.53. The molecule has 58 valence electrons. The van der Waals surface area contributed by atoms with Gasteiger partial charge in [-0.1, -0.05) is 0 Å². The standard InChI is InChI=1S/C4H7NO4S/c1-10(2,9)5-3(6)4(7)8/h1-2H3,(H,7,8). The molecule has 0 bridgehead atoms. The molecule has 0 aliphatic rings. The smallest absolute Gasteiger partial charge is 0.397 e. The molecule has 1 N–H and O–H groups in total. The van der Waals surface area contributed by atoms with Crippen LogP contribution >= 0.6 is 0 Å². The van der Waals surface area contributed by atoms with Crippen LogP contribution in [0.3, 0.4) is 0 Å². The Morgan fingerprint density at radius 3 is 1.90 bits per heavy atom. The number of carboxylic acid groups (broad SMARTS) is 1. The lowest BCUT2D eigenvalue weighted by Gasteiger charge is -1.88. The Morgan fingerprint density at radius 1 is 1.40 bits per heavy atom. The fourth-order valence-corrected chi connectivity index (χ4v) is 0.716. The van der Waals surface area contributed by atoms with Gasteiger partial charge in [0.05, 0.1) is 0 Å². The maximum atomic E-state index is 10.7. The minimum Gasteiger partial charge on any atom is -0.474 e. The van der Waals surface area contributed by atoms with Crippen LogP contribution in [0.1, 0.15) is 0 Å². The van der Waals surface area contributed by atoms with E-state index >= 15 is 0 Å². The van der Waals surface area contributed by atoms with E-state index in [0.717, 1.165) is 0 Å². The maximum absolute atomic E-state index is 10.7. The number of carbonyl (C=O) groups is 2. The topological polar surface area (TPSA) is 83.8 Å². The molecule has 0 heterocycles. The highest BCUT2D eigenvalue weighted by Gasteiger charge is 2.10. The minimum atomic E-state index is -2.62. The summed E-state index contributed by atoms with van der Waals surface area (Å²) in [5, 5.41) is 7.98. The van der Waals surface area contributed by atoms with Gasteiger partial charge in [0.1, 0.15) is 0 Å². The van der Waals surface area contributed by atoms with Crippen LogP contribution in [0.4, 0.5) is 0 Å². The van der Waals surface area contributed by atoms with Crippen molar-refractivity contribution in [2.75, 3.05) is 12.5 Å². The first-order valence-corrected chi connectivity index (χ1v) is 4.60. The number of rotatable bonds is 0. The Hall–Kier alpha value is -0.910. The Labute approximate surface area is 58.2 Å². The van der Waals surface area contributed by atoms with Crippen molar-refractivity contribution in [1.82, 2.24) is 0 Å². The summed E-state index contributed by atoms with van der Waals surface area (Å²) in [7, 11) is -2.62. The second-order valence-electron chi connectivity index (χ2n) is 1.88. The number of carbonyl (C=O) groups excluding carboxylic acids is 1. The maximum Gasteiger partial charge on any atom is 0.397 e. The van der Waals surface area contributed by atoms with Gasteiger partial charge in [0.25, 0.3) is 0 Å². The highest BCUT2D eigenvalue weighted by Crippen LogP contribution is 1.84. The molecule has 0 aromatic rings. The van der Waals surface area contributed by atoms with E-state index in [1.54, 1.807) is 0 Å². The van der Waals surface area contributed by atoms with Crippen LogP contribution in [-0.2, 0) is 19.3 Å². The Balaban J connectivity index is 4.63. The number of hydrogen-bond acceptors (Lipinski definition) is 3. The minimum absolute atomic E-state index is 1.19. The number of amides is 1. The van der Waals surface area contributed by atoms with Gasteiger partial charge in [-0.05, 0) is 0 Å². The first kappa shape index (κ1) is 9.09. The molecule has 5 nitrogen and oxygen atoms in total. The monoisotopic (exact) mass is 165 g/mol. The van der Waals surface area contributed by atoms with Crippen molar-refractivity contribution >= 4 is 21.6 Å². The Bertz CT molecular complexity index is 265. The lowest BCUT2D eigenvalue weighted by molar-refractivity contribution is -0.148. The molecule has 0 aliphatic carbocycles. The molecule has 0 unspecified atom stereocenters. The quantitative estimate of drug-likeness (QED) is 0.482. The van der Waals surface area contributed by atoms with Gasteiger partial charge < -0.3 is 5.11 Å². The van der Waals surface area contributed by atoms with Crippen LogP contribution in [0.25, 0.3) is 0 Å². The predicted octanol–water partition coefficient (Wildman–Crippen LogP) is -0.675. The molecular weight excluding hydrogens is 158 g/mol. The van der Waals surface area contributed by atoms with Gasteiger partial charge >= 0.3 is 11.9 Å². The van der Waals surface area contributed by atoms with Crippen molar-refractivity contribution in [1.29, 1.82) is 0 Å². The molecule has 0 radical (unpaired) electrons. The average Bonchev–Trinajstić information content (AvgIpc) is 1.60. The first-order chi connectivity index (χ1) is 4.33. The van der Waals surface area contributed by atoms with Gasteiger partial charge in [-0.3, -0.25) is 4.79 Å². The summed E-state index contributed by atoms with van der Waals surface area (Å²) in [5.41, 5.74) is 0. The fraction of sp³-hybridized carbons (Fsp3) is 0.500. The van der Waals surface area contributed by atoms with Crippen LogP contribution in [0.5, 0.6) is 0 Å². The summed E-state index contributed by atoms with van der Waals surface area (Å²) in [6.07, 6.45) is 2.38. The fourth-order valence-electron chi connectivity index (χ4n) is 0.239. The number of carboxylic acids is 1. The van der Waals surface area contributed by atoms with Gasteiger partial charge in [-0.25, -0.2) is 9.00 Å². The summed E-state index contributed by atoms with van der Waals surface area (Å²) >= 11 is 0. The van der Waals surface area contributed by atoms with Gasteiger partial charge in [0.15, 0.2) is 0 Å². The number of nitrogens with zero attached hydrogens (tertiary/aromatic N) is 1. The molecule has 10 heavy (non-hydrogen) atoms. The summed E-state index contributed by atoms with van der Waals surface area (Å²) in [4.78, 5) is 20.0. The van der Waals surface area contributed by atoms with Crippen LogP contribution < -0.4 is 0 Å². The molecule has 6 heteroatoms. The molecule has 0 rings (SSSR count). The molecule has 0 saturated heterocycles. The van der Waals surface area contributed by atoms with Gasteiger partial charge in [0, 0.05) is 22.2 Å². The molecule has 0 spiro atoms. The largest absolute Gasteiger partial charge is 0.474 e. The average molecular weight is 165 g/mol. The van der Waals surface area contributed by atoms with Crippen LogP contribution in [-0.4, -0.2) is 33.7 Å².